The third-order valence-corrected chi connectivity index (χ3v) is 3.94. The molecule has 106 valence electrons. The molecule has 1 saturated carbocycles. The van der Waals surface area contributed by atoms with Gasteiger partial charge in [-0.05, 0) is 49.4 Å². The van der Waals surface area contributed by atoms with Gasteiger partial charge in [-0.15, -0.1) is 0 Å². The Hall–Kier alpha value is -1.13. The van der Waals surface area contributed by atoms with Crippen LogP contribution in [0.25, 0.3) is 0 Å². The van der Waals surface area contributed by atoms with Gasteiger partial charge < -0.3 is 10.5 Å². The molecule has 1 fully saturated rings. The summed E-state index contributed by atoms with van der Waals surface area (Å²) < 4.78 is 18.5. The van der Waals surface area contributed by atoms with Crippen LogP contribution in [0, 0.1) is 11.7 Å². The number of methoxy groups -OCH3 is 1. The fraction of sp³-hybridized carbons (Fsp3) is 0.600. The molecule has 1 aliphatic carbocycles. The van der Waals surface area contributed by atoms with E-state index in [4.69, 9.17) is 10.5 Å². The second kappa shape index (κ2) is 6.35. The maximum atomic E-state index is 13.3. The fourth-order valence-electron chi connectivity index (χ4n) is 2.44. The summed E-state index contributed by atoms with van der Waals surface area (Å²) >= 11 is 0. The molecule has 2 N–H and O–H groups in total. The zero-order valence-corrected chi connectivity index (χ0v) is 11.7. The molecule has 2 rings (SSSR count). The van der Waals surface area contributed by atoms with Gasteiger partial charge in [-0.1, -0.05) is 0 Å². The SMILES string of the molecule is COCCN(Cc1cc(F)ccc1N)C(C)C1CC1. The minimum absolute atomic E-state index is 0.227. The molecule has 4 heteroatoms. The summed E-state index contributed by atoms with van der Waals surface area (Å²) in [6.45, 7) is 4.46. The van der Waals surface area contributed by atoms with Gasteiger partial charge in [-0.2, -0.15) is 0 Å². The van der Waals surface area contributed by atoms with Crippen LogP contribution in [-0.2, 0) is 11.3 Å². The minimum atomic E-state index is -0.227. The van der Waals surface area contributed by atoms with Crippen molar-refractivity contribution < 1.29 is 9.13 Å². The summed E-state index contributed by atoms with van der Waals surface area (Å²) in [6, 6.07) is 5.08. The monoisotopic (exact) mass is 266 g/mol. The van der Waals surface area contributed by atoms with Gasteiger partial charge in [0.1, 0.15) is 5.82 Å². The molecule has 1 aromatic rings. The van der Waals surface area contributed by atoms with Crippen molar-refractivity contribution in [3.63, 3.8) is 0 Å². The zero-order valence-electron chi connectivity index (χ0n) is 11.7. The molecule has 0 heterocycles. The fourth-order valence-corrected chi connectivity index (χ4v) is 2.44. The number of hydrogen-bond acceptors (Lipinski definition) is 3. The Labute approximate surface area is 114 Å². The van der Waals surface area contributed by atoms with Crippen molar-refractivity contribution in [1.82, 2.24) is 4.90 Å². The standard InChI is InChI=1S/C15H23FN2O/c1-11(12-3-4-12)18(7-8-19-2)10-13-9-14(16)5-6-15(13)17/h5-6,9,11-12H,3-4,7-8,10,17H2,1-2H3. The predicted octanol–water partition coefficient (Wildman–Crippen LogP) is 2.65. The van der Waals surface area contributed by atoms with E-state index in [1.807, 2.05) is 0 Å². The lowest BCUT2D eigenvalue weighted by atomic mass is 10.1. The van der Waals surface area contributed by atoms with Gasteiger partial charge in [-0.3, -0.25) is 4.90 Å². The molecule has 1 unspecified atom stereocenters. The smallest absolute Gasteiger partial charge is 0.123 e. The molecule has 0 aromatic heterocycles. The second-order valence-corrected chi connectivity index (χ2v) is 5.38. The number of nitrogens with two attached hydrogens (primary N) is 1. The van der Waals surface area contributed by atoms with Crippen molar-refractivity contribution >= 4 is 5.69 Å². The Morgan fingerprint density at radius 1 is 1.47 bits per heavy atom. The van der Waals surface area contributed by atoms with Crippen molar-refractivity contribution in [2.75, 3.05) is 26.0 Å². The van der Waals surface area contributed by atoms with Gasteiger partial charge in [0.15, 0.2) is 0 Å². The molecule has 1 aliphatic rings. The molecule has 0 spiro atoms. The van der Waals surface area contributed by atoms with Crippen LogP contribution in [0.15, 0.2) is 18.2 Å². The molecule has 0 saturated heterocycles. The first-order chi connectivity index (χ1) is 9.11. The Kier molecular flexibility index (Phi) is 4.77. The summed E-state index contributed by atoms with van der Waals surface area (Å²) in [5.41, 5.74) is 7.46. The van der Waals surface area contributed by atoms with Gasteiger partial charge in [0, 0.05) is 31.9 Å². The van der Waals surface area contributed by atoms with Crippen molar-refractivity contribution in [1.29, 1.82) is 0 Å². The molecule has 19 heavy (non-hydrogen) atoms. The van der Waals surface area contributed by atoms with E-state index >= 15 is 0 Å². The first-order valence-corrected chi connectivity index (χ1v) is 6.88. The molecular formula is C15H23FN2O. The number of rotatable bonds is 7. The number of hydrogen-bond donors (Lipinski definition) is 1. The van der Waals surface area contributed by atoms with Crippen LogP contribution in [0.3, 0.4) is 0 Å². The largest absolute Gasteiger partial charge is 0.398 e. The molecule has 0 aliphatic heterocycles. The van der Waals surface area contributed by atoms with Gasteiger partial charge in [-0.25, -0.2) is 4.39 Å². The van der Waals surface area contributed by atoms with Crippen molar-refractivity contribution in [3.8, 4) is 0 Å². The molecule has 0 bridgehead atoms. The van der Waals surface area contributed by atoms with Crippen molar-refractivity contribution in [2.45, 2.75) is 32.4 Å². The van der Waals surface area contributed by atoms with Gasteiger partial charge >= 0.3 is 0 Å². The number of nitrogen functional groups attached to an aromatic ring is 1. The summed E-state index contributed by atoms with van der Waals surface area (Å²) in [4.78, 5) is 2.34. The average molecular weight is 266 g/mol. The molecule has 1 atom stereocenters. The third-order valence-electron chi connectivity index (χ3n) is 3.94. The Morgan fingerprint density at radius 3 is 2.84 bits per heavy atom. The minimum Gasteiger partial charge on any atom is -0.398 e. The van der Waals surface area contributed by atoms with E-state index in [-0.39, 0.29) is 5.82 Å². The van der Waals surface area contributed by atoms with Gasteiger partial charge in [0.2, 0.25) is 0 Å². The highest BCUT2D eigenvalue weighted by molar-refractivity contribution is 5.46. The van der Waals surface area contributed by atoms with Crippen LogP contribution in [0.4, 0.5) is 10.1 Å². The number of nitrogens with zero attached hydrogens (tertiary/aromatic N) is 1. The highest BCUT2D eigenvalue weighted by Crippen LogP contribution is 2.35. The second-order valence-electron chi connectivity index (χ2n) is 5.38. The first kappa shape index (κ1) is 14.3. The van der Waals surface area contributed by atoms with Gasteiger partial charge in [0.05, 0.1) is 6.61 Å². The molecule has 0 amide bonds. The van der Waals surface area contributed by atoms with E-state index in [1.165, 1.54) is 25.0 Å². The van der Waals surface area contributed by atoms with E-state index in [9.17, 15) is 4.39 Å². The molecule has 0 radical (unpaired) electrons. The molecule has 3 nitrogen and oxygen atoms in total. The van der Waals surface area contributed by atoms with E-state index < -0.39 is 0 Å². The quantitative estimate of drug-likeness (QED) is 0.771. The lowest BCUT2D eigenvalue weighted by Gasteiger charge is -2.29. The number of benzene rings is 1. The predicted molar refractivity (Wildman–Crippen MR) is 75.3 cm³/mol. The summed E-state index contributed by atoms with van der Waals surface area (Å²) in [7, 11) is 1.70. The topological polar surface area (TPSA) is 38.5 Å². The van der Waals surface area contributed by atoms with Crippen LogP contribution in [0.2, 0.25) is 0 Å². The zero-order chi connectivity index (χ0) is 13.8. The van der Waals surface area contributed by atoms with E-state index in [0.717, 1.165) is 18.0 Å². The van der Waals surface area contributed by atoms with Crippen LogP contribution in [0.1, 0.15) is 25.3 Å². The average Bonchev–Trinajstić information content (AvgIpc) is 3.22. The molecule has 1 aromatic carbocycles. The lowest BCUT2D eigenvalue weighted by molar-refractivity contribution is 0.112. The number of anilines is 1. The summed E-state index contributed by atoms with van der Waals surface area (Å²) in [6.07, 6.45) is 2.59. The van der Waals surface area contributed by atoms with Crippen LogP contribution < -0.4 is 5.73 Å². The third kappa shape index (κ3) is 3.91. The Bertz CT molecular complexity index is 421. The maximum Gasteiger partial charge on any atom is 0.123 e. The number of halogens is 1. The summed E-state index contributed by atoms with van der Waals surface area (Å²) in [5.74, 6) is 0.543. The van der Waals surface area contributed by atoms with Crippen LogP contribution >= 0.6 is 0 Å². The van der Waals surface area contributed by atoms with Gasteiger partial charge in [0.25, 0.3) is 0 Å². The Morgan fingerprint density at radius 2 is 2.21 bits per heavy atom. The first-order valence-electron chi connectivity index (χ1n) is 6.88. The Balaban J connectivity index is 2.07. The van der Waals surface area contributed by atoms with E-state index in [1.54, 1.807) is 13.2 Å². The van der Waals surface area contributed by atoms with Crippen LogP contribution in [-0.4, -0.2) is 31.2 Å². The summed E-state index contributed by atoms with van der Waals surface area (Å²) in [5, 5.41) is 0. The van der Waals surface area contributed by atoms with Crippen molar-refractivity contribution in [2.24, 2.45) is 5.92 Å². The number of ether oxygens (including phenoxy) is 1. The normalized spacial score (nSPS) is 16.8. The lowest BCUT2D eigenvalue weighted by Crippen LogP contribution is -2.36. The van der Waals surface area contributed by atoms with E-state index in [2.05, 4.69) is 11.8 Å². The van der Waals surface area contributed by atoms with Crippen LogP contribution in [0.5, 0.6) is 0 Å². The molecular weight excluding hydrogens is 243 g/mol. The highest BCUT2D eigenvalue weighted by atomic mass is 19.1. The van der Waals surface area contributed by atoms with Crippen molar-refractivity contribution in [3.05, 3.63) is 29.6 Å². The van der Waals surface area contributed by atoms with E-state index in [0.29, 0.717) is 24.9 Å². The maximum absolute atomic E-state index is 13.3. The highest BCUT2D eigenvalue weighted by Gasteiger charge is 2.31.